The summed E-state index contributed by atoms with van der Waals surface area (Å²) in [7, 11) is -0.587. The number of benzene rings is 1. The van der Waals surface area contributed by atoms with Gasteiger partial charge in [-0.05, 0) is 24.1 Å². The van der Waals surface area contributed by atoms with E-state index in [9.17, 15) is 4.79 Å². The Bertz CT molecular complexity index is 425. The van der Waals surface area contributed by atoms with Crippen molar-refractivity contribution in [3.8, 4) is 11.5 Å². The second-order valence-corrected chi connectivity index (χ2v) is 3.58. The molecular weight excluding hydrogens is 241 g/mol. The summed E-state index contributed by atoms with van der Waals surface area (Å²) in [6.07, 6.45) is 0.0945. The highest BCUT2D eigenvalue weighted by Gasteiger charge is 2.17. The average molecular weight is 255 g/mol. The fraction of sp³-hybridized carbons (Fsp3) is 0.300. The van der Waals surface area contributed by atoms with Crippen LogP contribution in [-0.4, -0.2) is 41.6 Å². The quantitative estimate of drug-likeness (QED) is 0.480. The molecule has 0 aliphatic carbocycles. The van der Waals surface area contributed by atoms with Crippen molar-refractivity contribution in [2.45, 2.75) is 12.5 Å². The van der Waals surface area contributed by atoms with Crippen molar-refractivity contribution in [3.63, 3.8) is 0 Å². The summed E-state index contributed by atoms with van der Waals surface area (Å²) in [5, 5.41) is 26.2. The zero-order valence-electron chi connectivity index (χ0n) is 9.74. The fourth-order valence-corrected chi connectivity index (χ4v) is 1.39. The van der Waals surface area contributed by atoms with E-state index in [1.807, 2.05) is 0 Å². The molecule has 0 saturated heterocycles. The van der Waals surface area contributed by atoms with Gasteiger partial charge in [0.15, 0.2) is 5.75 Å². The largest absolute Gasteiger partial charge is 0.707 e. The van der Waals surface area contributed by atoms with Gasteiger partial charge in [0.2, 0.25) is 0 Å². The van der Waals surface area contributed by atoms with Crippen molar-refractivity contribution < 1.29 is 29.3 Å². The van der Waals surface area contributed by atoms with E-state index in [1.165, 1.54) is 19.2 Å². The van der Waals surface area contributed by atoms with Gasteiger partial charge in [0.25, 0.3) is 0 Å². The van der Waals surface area contributed by atoms with E-state index >= 15 is 0 Å². The van der Waals surface area contributed by atoms with Crippen molar-refractivity contribution in [3.05, 3.63) is 23.8 Å². The molecule has 1 atom stereocenters. The van der Waals surface area contributed by atoms with Crippen molar-refractivity contribution in [1.29, 1.82) is 0 Å². The van der Waals surface area contributed by atoms with E-state index in [1.54, 1.807) is 6.07 Å². The van der Waals surface area contributed by atoms with Crippen LogP contribution in [-0.2, 0) is 11.2 Å². The molecule has 0 bridgehead atoms. The summed E-state index contributed by atoms with van der Waals surface area (Å²) < 4.78 is 9.68. The lowest BCUT2D eigenvalue weighted by Gasteiger charge is -2.13. The van der Waals surface area contributed by atoms with Crippen molar-refractivity contribution >= 4 is 13.3 Å². The molecule has 0 saturated carbocycles. The highest BCUT2D eigenvalue weighted by atomic mass is 16.6. The van der Waals surface area contributed by atoms with Crippen LogP contribution in [0.1, 0.15) is 5.56 Å². The summed E-state index contributed by atoms with van der Waals surface area (Å²) in [5.41, 5.74) is 5.98. The maximum absolute atomic E-state index is 10.6. The number of rotatable bonds is 6. The molecule has 1 aromatic carbocycles. The Morgan fingerprint density at radius 3 is 2.61 bits per heavy atom. The lowest BCUT2D eigenvalue weighted by atomic mass is 10.1. The molecule has 0 aliphatic rings. The Kier molecular flexibility index (Phi) is 4.96. The number of carbonyl (C=O) groups is 1. The third-order valence-electron chi connectivity index (χ3n) is 2.23. The lowest BCUT2D eigenvalue weighted by molar-refractivity contribution is -0.138. The molecular formula is C10H14BNO6. The molecule has 1 aromatic rings. The standard InChI is InChI=1S/C10H14BNO6/c1-17-8-3-2-6(4-7(12)10(13)14)5-9(8)18-11(15)16/h2-3,5,7,15-16H,4,12H2,1H3,(H,13,14)/t7-/m0/s1. The summed E-state index contributed by atoms with van der Waals surface area (Å²) in [4.78, 5) is 10.6. The van der Waals surface area contributed by atoms with Crippen LogP contribution >= 0.6 is 0 Å². The number of nitrogens with two attached hydrogens (primary N) is 1. The molecule has 0 aliphatic heterocycles. The number of carboxylic acids is 1. The van der Waals surface area contributed by atoms with Crippen LogP contribution in [0.5, 0.6) is 11.5 Å². The smallest absolute Gasteiger partial charge is 0.509 e. The van der Waals surface area contributed by atoms with Gasteiger partial charge in [0.1, 0.15) is 11.8 Å². The van der Waals surface area contributed by atoms with Crippen molar-refractivity contribution in [1.82, 2.24) is 0 Å². The van der Waals surface area contributed by atoms with Crippen molar-refractivity contribution in [2.75, 3.05) is 7.11 Å². The van der Waals surface area contributed by atoms with Gasteiger partial charge in [-0.3, -0.25) is 4.79 Å². The maximum atomic E-state index is 10.6. The third-order valence-corrected chi connectivity index (χ3v) is 2.23. The number of hydrogen-bond acceptors (Lipinski definition) is 6. The molecule has 8 heteroatoms. The summed E-state index contributed by atoms with van der Waals surface area (Å²) in [6, 6.07) is 3.56. The minimum absolute atomic E-state index is 0.0945. The maximum Gasteiger partial charge on any atom is 0.707 e. The van der Waals surface area contributed by atoms with Crippen LogP contribution in [0.15, 0.2) is 18.2 Å². The van der Waals surface area contributed by atoms with Crippen LogP contribution < -0.4 is 15.1 Å². The van der Waals surface area contributed by atoms with Gasteiger partial charge >= 0.3 is 13.3 Å². The molecule has 98 valence electrons. The Balaban J connectivity index is 2.91. The average Bonchev–Trinajstić information content (AvgIpc) is 2.28. The highest BCUT2D eigenvalue weighted by molar-refractivity contribution is 6.33. The Hall–Kier alpha value is -1.77. The number of methoxy groups -OCH3 is 1. The van der Waals surface area contributed by atoms with E-state index in [0.717, 1.165) is 0 Å². The van der Waals surface area contributed by atoms with Gasteiger partial charge in [-0.2, -0.15) is 0 Å². The van der Waals surface area contributed by atoms with Crippen LogP contribution in [0.3, 0.4) is 0 Å². The SMILES string of the molecule is COc1ccc(C[C@H](N)C(=O)O)cc1OB(O)O. The van der Waals surface area contributed by atoms with Crippen molar-refractivity contribution in [2.24, 2.45) is 5.73 Å². The normalized spacial score (nSPS) is 11.8. The van der Waals surface area contributed by atoms with Crippen LogP contribution in [0.2, 0.25) is 0 Å². The second-order valence-electron chi connectivity index (χ2n) is 3.58. The summed E-state index contributed by atoms with van der Waals surface area (Å²) >= 11 is 0. The molecule has 7 nitrogen and oxygen atoms in total. The predicted octanol–water partition coefficient (Wildman–Crippen LogP) is -1.00. The molecule has 0 amide bonds. The molecule has 1 rings (SSSR count). The Morgan fingerprint density at radius 1 is 1.44 bits per heavy atom. The Labute approximate surface area is 104 Å². The first-order valence-electron chi connectivity index (χ1n) is 5.12. The summed E-state index contributed by atoms with van der Waals surface area (Å²) in [6.45, 7) is 0. The second kappa shape index (κ2) is 6.24. The molecule has 0 spiro atoms. The van der Waals surface area contributed by atoms with E-state index in [0.29, 0.717) is 11.3 Å². The number of carboxylic acid groups (broad SMARTS) is 1. The first-order chi connectivity index (χ1) is 8.43. The van der Waals surface area contributed by atoms with Gasteiger partial charge in [0, 0.05) is 0 Å². The first-order valence-corrected chi connectivity index (χ1v) is 5.12. The summed E-state index contributed by atoms with van der Waals surface area (Å²) in [5.74, 6) is -0.714. The van der Waals surface area contributed by atoms with Crippen LogP contribution in [0.25, 0.3) is 0 Å². The lowest BCUT2D eigenvalue weighted by Crippen LogP contribution is -2.32. The van der Waals surface area contributed by atoms with Crippen LogP contribution in [0.4, 0.5) is 0 Å². The first kappa shape index (κ1) is 14.3. The molecule has 0 fully saturated rings. The molecule has 5 N–H and O–H groups in total. The van der Waals surface area contributed by atoms with Gasteiger partial charge in [-0.1, -0.05) is 6.07 Å². The molecule has 0 radical (unpaired) electrons. The molecule has 18 heavy (non-hydrogen) atoms. The monoisotopic (exact) mass is 255 g/mol. The van der Waals surface area contributed by atoms with Gasteiger partial charge < -0.3 is 30.3 Å². The zero-order chi connectivity index (χ0) is 13.7. The predicted molar refractivity (Wildman–Crippen MR) is 63.1 cm³/mol. The molecule has 0 heterocycles. The zero-order valence-corrected chi connectivity index (χ0v) is 9.74. The number of hydrogen-bond donors (Lipinski definition) is 4. The van der Waals surface area contributed by atoms with E-state index in [2.05, 4.69) is 0 Å². The fourth-order valence-electron chi connectivity index (χ4n) is 1.39. The van der Waals surface area contributed by atoms with Gasteiger partial charge in [-0.25, -0.2) is 0 Å². The minimum atomic E-state index is -1.98. The topological polar surface area (TPSA) is 122 Å². The Morgan fingerprint density at radius 2 is 2.11 bits per heavy atom. The molecule has 0 unspecified atom stereocenters. The molecule has 0 aromatic heterocycles. The minimum Gasteiger partial charge on any atom is -0.509 e. The van der Waals surface area contributed by atoms with E-state index < -0.39 is 19.3 Å². The van der Waals surface area contributed by atoms with Gasteiger partial charge in [0.05, 0.1) is 7.11 Å². The van der Waals surface area contributed by atoms with Crippen LogP contribution in [0, 0.1) is 0 Å². The highest BCUT2D eigenvalue weighted by Crippen LogP contribution is 2.28. The number of ether oxygens (including phenoxy) is 1. The van der Waals surface area contributed by atoms with E-state index in [4.69, 9.17) is 30.3 Å². The number of aliphatic carboxylic acids is 1. The third kappa shape index (κ3) is 3.92. The van der Waals surface area contributed by atoms with Gasteiger partial charge in [-0.15, -0.1) is 0 Å². The van der Waals surface area contributed by atoms with E-state index in [-0.39, 0.29) is 12.2 Å².